The van der Waals surface area contributed by atoms with Gasteiger partial charge in [-0.25, -0.2) is 18.4 Å². The first-order valence-corrected chi connectivity index (χ1v) is 10.8. The average molecular weight is 439 g/mol. The number of hydrogen-bond acceptors (Lipinski definition) is 4. The van der Waals surface area contributed by atoms with Gasteiger partial charge in [0.05, 0.1) is 0 Å². The number of carbonyl (C=O) groups excluding carboxylic acids is 2. The number of carbonyl (C=O) groups is 2. The van der Waals surface area contributed by atoms with Crippen molar-refractivity contribution in [1.29, 1.82) is 0 Å². The third-order valence-electron chi connectivity index (χ3n) is 5.52. The summed E-state index contributed by atoms with van der Waals surface area (Å²) in [6.45, 7) is 7.83. The van der Waals surface area contributed by atoms with Gasteiger partial charge in [-0.2, -0.15) is 0 Å². The van der Waals surface area contributed by atoms with Crippen LogP contribution in [-0.4, -0.2) is 60.9 Å². The fourth-order valence-electron chi connectivity index (χ4n) is 3.95. The number of ether oxygens (including phenoxy) is 1. The van der Waals surface area contributed by atoms with E-state index in [4.69, 9.17) is 4.74 Å². The van der Waals surface area contributed by atoms with E-state index in [1.807, 2.05) is 25.7 Å². The van der Waals surface area contributed by atoms with Crippen LogP contribution in [-0.2, 0) is 4.74 Å². The maximum atomic E-state index is 13.4. The maximum absolute atomic E-state index is 13.4. The molecule has 31 heavy (non-hydrogen) atoms. The summed E-state index contributed by atoms with van der Waals surface area (Å²) in [5.41, 5.74) is 0.00180. The smallest absolute Gasteiger partial charge is 0.410 e. The number of likely N-dealkylation sites (tertiary alicyclic amines) is 1. The maximum Gasteiger partial charge on any atom is 0.410 e. The van der Waals surface area contributed by atoms with Crippen LogP contribution in [0.25, 0.3) is 0 Å². The van der Waals surface area contributed by atoms with Gasteiger partial charge in [-0.1, -0.05) is 0 Å². The molecule has 0 radical (unpaired) electrons. The van der Waals surface area contributed by atoms with Crippen molar-refractivity contribution in [3.63, 3.8) is 0 Å². The molecule has 0 spiro atoms. The van der Waals surface area contributed by atoms with Crippen LogP contribution in [0.4, 0.5) is 24.1 Å². The minimum absolute atomic E-state index is 0.00837. The Kier molecular flexibility index (Phi) is 7.23. The topological polar surface area (TPSA) is 73.9 Å². The van der Waals surface area contributed by atoms with Crippen LogP contribution < -0.4 is 15.5 Å². The Labute approximate surface area is 182 Å². The van der Waals surface area contributed by atoms with Gasteiger partial charge in [-0.05, 0) is 58.6 Å². The number of amides is 3. The monoisotopic (exact) mass is 438 g/mol. The summed E-state index contributed by atoms with van der Waals surface area (Å²) >= 11 is 0. The van der Waals surface area contributed by atoms with E-state index in [2.05, 4.69) is 10.6 Å². The molecule has 0 unspecified atom stereocenters. The lowest BCUT2D eigenvalue weighted by molar-refractivity contribution is 0.0201. The highest BCUT2D eigenvalue weighted by Crippen LogP contribution is 2.22. The summed E-state index contributed by atoms with van der Waals surface area (Å²) in [4.78, 5) is 28.1. The van der Waals surface area contributed by atoms with E-state index in [1.165, 1.54) is 12.1 Å². The third kappa shape index (κ3) is 6.97. The molecule has 0 aliphatic carbocycles. The van der Waals surface area contributed by atoms with Crippen molar-refractivity contribution in [3.05, 3.63) is 29.8 Å². The molecule has 1 aromatic rings. The highest BCUT2D eigenvalue weighted by atomic mass is 19.1. The second kappa shape index (κ2) is 9.70. The molecule has 1 aromatic carbocycles. The zero-order valence-electron chi connectivity index (χ0n) is 18.4. The van der Waals surface area contributed by atoms with Gasteiger partial charge in [0.25, 0.3) is 0 Å². The molecule has 2 saturated heterocycles. The SMILES string of the molecule is CC(C)(C)OC(=O)N1CCC(NC(=O)NC2CCN(c3cc(F)cc(F)c3)CC2)CC1. The lowest BCUT2D eigenvalue weighted by Crippen LogP contribution is -2.53. The van der Waals surface area contributed by atoms with Gasteiger partial charge in [0.1, 0.15) is 17.2 Å². The Morgan fingerprint density at radius 2 is 1.39 bits per heavy atom. The molecule has 2 fully saturated rings. The summed E-state index contributed by atoms with van der Waals surface area (Å²) in [7, 11) is 0. The molecule has 2 heterocycles. The molecule has 0 bridgehead atoms. The Balaban J connectivity index is 1.38. The van der Waals surface area contributed by atoms with Gasteiger partial charge in [-0.3, -0.25) is 0 Å². The molecule has 2 aliphatic rings. The van der Waals surface area contributed by atoms with E-state index >= 15 is 0 Å². The van der Waals surface area contributed by atoms with Crippen LogP contribution in [0.15, 0.2) is 18.2 Å². The lowest BCUT2D eigenvalue weighted by Gasteiger charge is -2.35. The van der Waals surface area contributed by atoms with E-state index < -0.39 is 17.2 Å². The Morgan fingerprint density at radius 3 is 1.87 bits per heavy atom. The van der Waals surface area contributed by atoms with Crippen LogP contribution in [0.1, 0.15) is 46.5 Å². The zero-order chi connectivity index (χ0) is 22.6. The largest absolute Gasteiger partial charge is 0.444 e. The van der Waals surface area contributed by atoms with E-state index in [9.17, 15) is 18.4 Å². The van der Waals surface area contributed by atoms with Gasteiger partial charge in [-0.15, -0.1) is 0 Å². The summed E-state index contributed by atoms with van der Waals surface area (Å²) in [6.07, 6.45) is 2.43. The molecule has 3 rings (SSSR count). The standard InChI is InChI=1S/C22H32F2N4O3/c1-22(2,3)31-21(30)28-10-6-18(7-11-28)26-20(29)25-17-4-8-27(9-5-17)19-13-15(23)12-16(24)14-19/h12-14,17-18H,4-11H2,1-3H3,(H2,25,26,29). The van der Waals surface area contributed by atoms with E-state index in [0.717, 1.165) is 6.07 Å². The second-order valence-corrected chi connectivity index (χ2v) is 9.25. The first-order chi connectivity index (χ1) is 14.6. The number of piperidine rings is 2. The zero-order valence-corrected chi connectivity index (χ0v) is 18.4. The summed E-state index contributed by atoms with van der Waals surface area (Å²) in [5, 5.41) is 5.99. The number of rotatable bonds is 3. The Bertz CT molecular complexity index is 763. The predicted octanol–water partition coefficient (Wildman–Crippen LogP) is 3.63. The molecule has 2 aliphatic heterocycles. The fourth-order valence-corrected chi connectivity index (χ4v) is 3.95. The van der Waals surface area contributed by atoms with Gasteiger partial charge in [0.15, 0.2) is 0 Å². The summed E-state index contributed by atoms with van der Waals surface area (Å²) in [5.74, 6) is -1.18. The highest BCUT2D eigenvalue weighted by molar-refractivity contribution is 5.74. The minimum atomic E-state index is -0.590. The normalized spacial score (nSPS) is 18.6. The average Bonchev–Trinajstić information content (AvgIpc) is 2.67. The summed E-state index contributed by atoms with van der Waals surface area (Å²) in [6, 6.07) is 3.32. The number of nitrogens with zero attached hydrogens (tertiary/aromatic N) is 2. The van der Waals surface area contributed by atoms with Gasteiger partial charge >= 0.3 is 12.1 Å². The van der Waals surface area contributed by atoms with Gasteiger partial charge < -0.3 is 25.2 Å². The Morgan fingerprint density at radius 1 is 0.903 bits per heavy atom. The van der Waals surface area contributed by atoms with Crippen molar-refractivity contribution >= 4 is 17.8 Å². The molecule has 3 amide bonds. The highest BCUT2D eigenvalue weighted by Gasteiger charge is 2.28. The fraction of sp³-hybridized carbons (Fsp3) is 0.636. The number of nitrogens with one attached hydrogen (secondary N) is 2. The number of halogens is 2. The second-order valence-electron chi connectivity index (χ2n) is 9.25. The van der Waals surface area contributed by atoms with Crippen molar-refractivity contribution in [2.24, 2.45) is 0 Å². The molecule has 2 N–H and O–H groups in total. The molecule has 0 aromatic heterocycles. The lowest BCUT2D eigenvalue weighted by atomic mass is 10.0. The van der Waals surface area contributed by atoms with Crippen molar-refractivity contribution < 1.29 is 23.1 Å². The van der Waals surface area contributed by atoms with Crippen LogP contribution in [0, 0.1) is 11.6 Å². The molecule has 7 nitrogen and oxygen atoms in total. The van der Waals surface area contributed by atoms with Crippen molar-refractivity contribution in [2.75, 3.05) is 31.1 Å². The van der Waals surface area contributed by atoms with Crippen LogP contribution in [0.3, 0.4) is 0 Å². The molecule has 0 saturated carbocycles. The van der Waals surface area contributed by atoms with E-state index in [1.54, 1.807) is 4.90 Å². The molecule has 9 heteroatoms. The van der Waals surface area contributed by atoms with E-state index in [0.29, 0.717) is 57.5 Å². The third-order valence-corrected chi connectivity index (χ3v) is 5.52. The van der Waals surface area contributed by atoms with Crippen LogP contribution in [0.5, 0.6) is 0 Å². The summed E-state index contributed by atoms with van der Waals surface area (Å²) < 4.78 is 32.3. The number of anilines is 1. The molecular formula is C22H32F2N4O3. The van der Waals surface area contributed by atoms with Crippen LogP contribution >= 0.6 is 0 Å². The first kappa shape index (κ1) is 23.1. The van der Waals surface area contributed by atoms with Gasteiger partial charge in [0, 0.05) is 50.0 Å². The molecule has 172 valence electrons. The van der Waals surface area contributed by atoms with Crippen molar-refractivity contribution in [3.8, 4) is 0 Å². The van der Waals surface area contributed by atoms with Crippen molar-refractivity contribution in [1.82, 2.24) is 15.5 Å². The predicted molar refractivity (Wildman–Crippen MR) is 114 cm³/mol. The number of urea groups is 1. The number of hydrogen-bond donors (Lipinski definition) is 2. The molecular weight excluding hydrogens is 406 g/mol. The first-order valence-electron chi connectivity index (χ1n) is 10.8. The van der Waals surface area contributed by atoms with Gasteiger partial charge in [0.2, 0.25) is 0 Å². The molecule has 0 atom stereocenters. The van der Waals surface area contributed by atoms with E-state index in [-0.39, 0.29) is 24.2 Å². The minimum Gasteiger partial charge on any atom is -0.444 e. The van der Waals surface area contributed by atoms with Crippen molar-refractivity contribution in [2.45, 2.75) is 64.1 Å². The van der Waals surface area contributed by atoms with Crippen LogP contribution in [0.2, 0.25) is 0 Å². The number of benzene rings is 1. The quantitative estimate of drug-likeness (QED) is 0.756. The Hall–Kier alpha value is -2.58.